The summed E-state index contributed by atoms with van der Waals surface area (Å²) in [6.07, 6.45) is 5.48. The summed E-state index contributed by atoms with van der Waals surface area (Å²) in [6.45, 7) is 8.67. The van der Waals surface area contributed by atoms with E-state index in [9.17, 15) is 4.79 Å². The number of hydrogen-bond acceptors (Lipinski definition) is 8. The van der Waals surface area contributed by atoms with E-state index >= 15 is 0 Å². The maximum absolute atomic E-state index is 12.4. The Kier molecular flexibility index (Phi) is 8.77. The zero-order chi connectivity index (χ0) is 35.1. The number of hydrogen-bond donors (Lipinski definition) is 2. The Morgan fingerprint density at radius 3 is 2.02 bits per heavy atom. The van der Waals surface area contributed by atoms with E-state index < -0.39 is 0 Å². The Morgan fingerprint density at radius 1 is 0.760 bits per heavy atom. The van der Waals surface area contributed by atoms with Gasteiger partial charge in [-0.25, -0.2) is 9.78 Å². The Hall–Kier alpha value is -5.65. The molecule has 13 heteroatoms. The van der Waals surface area contributed by atoms with Gasteiger partial charge in [0.2, 0.25) is 0 Å². The van der Waals surface area contributed by atoms with Crippen molar-refractivity contribution < 1.29 is 9.05 Å². The molecule has 6 heterocycles. The third-order valence-electron chi connectivity index (χ3n) is 8.54. The number of halogens is 2. The lowest BCUT2D eigenvalue weighted by Gasteiger charge is -2.07. The first kappa shape index (κ1) is 32.9. The molecule has 0 spiro atoms. The van der Waals surface area contributed by atoms with Gasteiger partial charge in [-0.1, -0.05) is 69.9 Å². The molecule has 0 aliphatic heterocycles. The van der Waals surface area contributed by atoms with Crippen LogP contribution in [0.4, 0.5) is 5.69 Å². The van der Waals surface area contributed by atoms with Crippen LogP contribution in [0.25, 0.3) is 44.5 Å². The number of aryl methyl sites for hydroxylation is 4. The smallest absolute Gasteiger partial charge is 0.327 e. The van der Waals surface area contributed by atoms with Crippen LogP contribution in [0.5, 0.6) is 0 Å². The van der Waals surface area contributed by atoms with Crippen molar-refractivity contribution in [3.63, 3.8) is 0 Å². The standard InChI is InChI=1S/C19H18N4O.C18H14Cl2N4O2/c1-12-18(13(2)24-22-12)15-8-17-19(21-9-15)16(20)11-23(17)10-14-6-4-3-5-7-14;1-9-16(10(2)26-23-9)12-6-15-17(21-7-12)22-18(25)24(15)8-11-3-4-13(19)14(20)5-11/h3-9,11H,10,20H2,1-2H3;3-7H,8H2,1-2H3,(H,21,22,25). The molecule has 3 N–H and O–H groups in total. The monoisotopic (exact) mass is 706 g/mol. The van der Waals surface area contributed by atoms with Crippen molar-refractivity contribution in [2.75, 3.05) is 5.73 Å². The van der Waals surface area contributed by atoms with Gasteiger partial charge in [0.25, 0.3) is 0 Å². The van der Waals surface area contributed by atoms with E-state index in [4.69, 9.17) is 38.0 Å². The minimum Gasteiger partial charge on any atom is -0.396 e. The highest BCUT2D eigenvalue weighted by atomic mass is 35.5. The Labute approximate surface area is 296 Å². The fraction of sp³-hybridized carbons (Fsp3) is 0.162. The van der Waals surface area contributed by atoms with Crippen molar-refractivity contribution >= 4 is 51.1 Å². The number of aromatic nitrogens is 7. The van der Waals surface area contributed by atoms with Gasteiger partial charge in [0.05, 0.1) is 44.7 Å². The van der Waals surface area contributed by atoms with Crippen LogP contribution in [0.1, 0.15) is 34.0 Å². The molecule has 0 aliphatic carbocycles. The summed E-state index contributed by atoms with van der Waals surface area (Å²) in [7, 11) is 0. The van der Waals surface area contributed by atoms with Crippen LogP contribution in [0.2, 0.25) is 10.0 Å². The number of nitrogens with two attached hydrogens (primary N) is 1. The van der Waals surface area contributed by atoms with E-state index in [0.717, 1.165) is 62.5 Å². The van der Waals surface area contributed by atoms with Gasteiger partial charge >= 0.3 is 5.69 Å². The Morgan fingerprint density at radius 2 is 1.40 bits per heavy atom. The van der Waals surface area contributed by atoms with Gasteiger partial charge in [-0.05, 0) is 63.1 Å². The summed E-state index contributed by atoms with van der Waals surface area (Å²) in [5, 5.41) is 8.94. The fourth-order valence-corrected chi connectivity index (χ4v) is 6.50. The number of fused-ring (bicyclic) bond motifs is 2. The molecule has 0 saturated carbocycles. The minimum atomic E-state index is -0.241. The van der Waals surface area contributed by atoms with E-state index in [-0.39, 0.29) is 5.69 Å². The van der Waals surface area contributed by atoms with Crippen LogP contribution >= 0.6 is 23.2 Å². The molecule has 50 heavy (non-hydrogen) atoms. The second kappa shape index (κ2) is 13.3. The van der Waals surface area contributed by atoms with Crippen molar-refractivity contribution in [1.82, 2.24) is 34.4 Å². The van der Waals surface area contributed by atoms with Gasteiger partial charge in [-0.2, -0.15) is 0 Å². The fourth-order valence-electron chi connectivity index (χ4n) is 6.18. The topological polar surface area (TPSA) is 147 Å². The molecular formula is C37H32Cl2N8O3. The van der Waals surface area contributed by atoms with Gasteiger partial charge in [0.15, 0.2) is 5.65 Å². The van der Waals surface area contributed by atoms with Crippen LogP contribution in [-0.2, 0) is 13.1 Å². The highest BCUT2D eigenvalue weighted by molar-refractivity contribution is 6.42. The third-order valence-corrected chi connectivity index (χ3v) is 9.28. The molecule has 0 atom stereocenters. The quantitative estimate of drug-likeness (QED) is 0.176. The normalized spacial score (nSPS) is 11.3. The number of imidazole rings is 1. The average Bonchev–Trinajstić information content (AvgIpc) is 3.82. The molecule has 0 unspecified atom stereocenters. The first-order valence-electron chi connectivity index (χ1n) is 15.7. The molecule has 0 fully saturated rings. The average molecular weight is 708 g/mol. The molecule has 0 bridgehead atoms. The zero-order valence-corrected chi connectivity index (χ0v) is 29.2. The molecule has 252 valence electrons. The predicted octanol–water partition coefficient (Wildman–Crippen LogP) is 8.29. The number of aromatic amines is 1. The Balaban J connectivity index is 0.000000157. The van der Waals surface area contributed by atoms with Crippen molar-refractivity contribution in [3.8, 4) is 22.3 Å². The van der Waals surface area contributed by atoms with Crippen LogP contribution in [0.15, 0.2) is 93.1 Å². The van der Waals surface area contributed by atoms with Gasteiger partial charge in [0.1, 0.15) is 17.0 Å². The molecule has 8 aromatic rings. The minimum absolute atomic E-state index is 0.241. The van der Waals surface area contributed by atoms with Crippen LogP contribution in [0.3, 0.4) is 0 Å². The van der Waals surface area contributed by atoms with Gasteiger partial charge in [-0.15, -0.1) is 0 Å². The molecule has 0 saturated heterocycles. The number of nitrogens with one attached hydrogen (secondary N) is 1. The number of nitrogens with zero attached hydrogens (tertiary/aromatic N) is 6. The maximum Gasteiger partial charge on any atom is 0.327 e. The maximum atomic E-state index is 12.4. The largest absolute Gasteiger partial charge is 0.396 e. The molecule has 8 rings (SSSR count). The predicted molar refractivity (Wildman–Crippen MR) is 196 cm³/mol. The molecule has 0 amide bonds. The number of anilines is 1. The molecular weight excluding hydrogens is 675 g/mol. The summed E-state index contributed by atoms with van der Waals surface area (Å²) in [4.78, 5) is 24.1. The summed E-state index contributed by atoms with van der Waals surface area (Å²) < 4.78 is 14.3. The third kappa shape index (κ3) is 6.28. The molecule has 0 aliphatic rings. The summed E-state index contributed by atoms with van der Waals surface area (Å²) >= 11 is 12.0. The highest BCUT2D eigenvalue weighted by Gasteiger charge is 2.17. The lowest BCUT2D eigenvalue weighted by atomic mass is 10.1. The van der Waals surface area contributed by atoms with E-state index in [2.05, 4.69) is 48.0 Å². The van der Waals surface area contributed by atoms with Gasteiger partial charge in [0, 0.05) is 47.4 Å². The van der Waals surface area contributed by atoms with Crippen molar-refractivity contribution in [2.45, 2.75) is 40.8 Å². The second-order valence-electron chi connectivity index (χ2n) is 12.0. The SMILES string of the molecule is Cc1noc(C)c1-c1cnc2[nH]c(=O)n(Cc3ccc(Cl)c(Cl)c3)c2c1.Cc1noc(C)c1-c1cnc2c(N)cn(Cc3ccccc3)c2c1. The van der Waals surface area contributed by atoms with Gasteiger partial charge < -0.3 is 19.3 Å². The number of rotatable bonds is 6. The number of pyridine rings is 2. The Bertz CT molecular complexity index is 2520. The van der Waals surface area contributed by atoms with Gasteiger partial charge in [-0.3, -0.25) is 14.5 Å². The van der Waals surface area contributed by atoms with Crippen LogP contribution < -0.4 is 11.4 Å². The van der Waals surface area contributed by atoms with E-state index in [0.29, 0.717) is 39.2 Å². The number of H-pyrrole nitrogens is 1. The van der Waals surface area contributed by atoms with Crippen molar-refractivity contribution in [2.24, 2.45) is 0 Å². The lowest BCUT2D eigenvalue weighted by molar-refractivity contribution is 0.393. The summed E-state index contributed by atoms with van der Waals surface area (Å²) in [6, 6.07) is 19.6. The molecule has 11 nitrogen and oxygen atoms in total. The molecule has 2 aromatic carbocycles. The molecule has 0 radical (unpaired) electrons. The number of nitrogen functional groups attached to an aromatic ring is 1. The lowest BCUT2D eigenvalue weighted by Crippen LogP contribution is -2.17. The summed E-state index contributed by atoms with van der Waals surface area (Å²) in [5.41, 5.74) is 17.1. The first-order chi connectivity index (χ1) is 24.1. The van der Waals surface area contributed by atoms with Crippen molar-refractivity contribution in [3.05, 3.63) is 134 Å². The number of benzene rings is 2. The summed E-state index contributed by atoms with van der Waals surface area (Å²) in [5.74, 6) is 1.50. The van der Waals surface area contributed by atoms with E-state index in [1.807, 2.05) is 70.4 Å². The van der Waals surface area contributed by atoms with E-state index in [1.165, 1.54) is 5.56 Å². The highest BCUT2D eigenvalue weighted by Crippen LogP contribution is 2.32. The van der Waals surface area contributed by atoms with Crippen molar-refractivity contribution in [1.29, 1.82) is 0 Å². The van der Waals surface area contributed by atoms with Crippen LogP contribution in [0, 0.1) is 27.7 Å². The zero-order valence-electron chi connectivity index (χ0n) is 27.7. The van der Waals surface area contributed by atoms with E-state index in [1.54, 1.807) is 22.9 Å². The molecule has 6 aromatic heterocycles. The van der Waals surface area contributed by atoms with Crippen LogP contribution in [-0.4, -0.2) is 34.4 Å². The second-order valence-corrected chi connectivity index (χ2v) is 12.9. The first-order valence-corrected chi connectivity index (χ1v) is 16.5.